The van der Waals surface area contributed by atoms with Gasteiger partial charge in [0.25, 0.3) is 0 Å². The summed E-state index contributed by atoms with van der Waals surface area (Å²) >= 11 is 0. The summed E-state index contributed by atoms with van der Waals surface area (Å²) in [7, 11) is 0. The molecule has 110 valence electrons. The van der Waals surface area contributed by atoms with Crippen LogP contribution in [0.5, 0.6) is 0 Å². The molecule has 0 spiro atoms. The van der Waals surface area contributed by atoms with Crippen molar-refractivity contribution in [1.29, 1.82) is 0 Å². The molecule has 3 N–H and O–H groups in total. The monoisotopic (exact) mass is 278 g/mol. The van der Waals surface area contributed by atoms with Crippen LogP contribution in [0.4, 0.5) is 10.5 Å². The summed E-state index contributed by atoms with van der Waals surface area (Å²) in [5, 5.41) is 15.7. The topological polar surface area (TPSA) is 70.6 Å². The fourth-order valence-corrected chi connectivity index (χ4v) is 2.17. The molecule has 1 fully saturated rings. The van der Waals surface area contributed by atoms with Crippen LogP contribution in [0.3, 0.4) is 0 Å². The Morgan fingerprint density at radius 2 is 2.00 bits per heavy atom. The van der Waals surface area contributed by atoms with E-state index in [1.54, 1.807) is 0 Å². The van der Waals surface area contributed by atoms with Gasteiger partial charge in [0.1, 0.15) is 0 Å². The molecule has 1 heterocycles. The van der Waals surface area contributed by atoms with Gasteiger partial charge in [0.05, 0.1) is 5.60 Å². The smallest absolute Gasteiger partial charge is 0.319 e. The lowest BCUT2D eigenvalue weighted by molar-refractivity contribution is -0.0598. The zero-order valence-electron chi connectivity index (χ0n) is 12.0. The first kappa shape index (κ1) is 14.8. The summed E-state index contributed by atoms with van der Waals surface area (Å²) in [6.07, 6.45) is 1.10. The number of amides is 2. The number of rotatable bonds is 3. The molecule has 2 rings (SSSR count). The lowest BCUT2D eigenvalue weighted by Gasteiger charge is -2.32. The first-order valence-corrected chi connectivity index (χ1v) is 6.91. The summed E-state index contributed by atoms with van der Waals surface area (Å²) in [6.45, 7) is 5.35. The Kier molecular flexibility index (Phi) is 4.62. The number of hydrogen-bond acceptors (Lipinski definition) is 3. The Labute approximate surface area is 119 Å². The summed E-state index contributed by atoms with van der Waals surface area (Å²) in [4.78, 5) is 11.8. The number of anilines is 1. The van der Waals surface area contributed by atoms with Crippen molar-refractivity contribution in [2.45, 2.75) is 32.3 Å². The van der Waals surface area contributed by atoms with Gasteiger partial charge in [-0.05, 0) is 37.1 Å². The molecule has 1 aliphatic rings. The predicted molar refractivity (Wildman–Crippen MR) is 77.9 cm³/mol. The van der Waals surface area contributed by atoms with Gasteiger partial charge in [-0.2, -0.15) is 0 Å². The van der Waals surface area contributed by atoms with E-state index in [9.17, 15) is 9.90 Å². The number of ether oxygens (including phenoxy) is 1. The number of aryl methyl sites for hydroxylation is 2. The van der Waals surface area contributed by atoms with Crippen LogP contribution in [-0.4, -0.2) is 36.5 Å². The van der Waals surface area contributed by atoms with Gasteiger partial charge in [-0.1, -0.05) is 6.07 Å². The van der Waals surface area contributed by atoms with Crippen LogP contribution in [0.1, 0.15) is 24.0 Å². The highest BCUT2D eigenvalue weighted by Gasteiger charge is 2.30. The molecule has 0 unspecified atom stereocenters. The molecule has 0 aromatic heterocycles. The Morgan fingerprint density at radius 3 is 2.65 bits per heavy atom. The SMILES string of the molecule is Cc1ccc(NC(=O)NCC2(O)CCOCC2)cc1C. The summed E-state index contributed by atoms with van der Waals surface area (Å²) in [5.74, 6) is 0. The molecule has 2 amide bonds. The second kappa shape index (κ2) is 6.24. The third-order valence-corrected chi connectivity index (χ3v) is 3.77. The zero-order chi connectivity index (χ0) is 14.6. The van der Waals surface area contributed by atoms with Crippen molar-refractivity contribution >= 4 is 11.7 Å². The Bertz CT molecular complexity index is 482. The molecule has 0 bridgehead atoms. The van der Waals surface area contributed by atoms with E-state index in [1.807, 2.05) is 32.0 Å². The first-order chi connectivity index (χ1) is 9.48. The van der Waals surface area contributed by atoms with E-state index < -0.39 is 5.60 Å². The molecule has 5 heteroatoms. The van der Waals surface area contributed by atoms with Gasteiger partial charge in [0, 0.05) is 38.3 Å². The van der Waals surface area contributed by atoms with Gasteiger partial charge in [0.2, 0.25) is 0 Å². The van der Waals surface area contributed by atoms with Crippen LogP contribution in [0.25, 0.3) is 0 Å². The molecule has 0 radical (unpaired) electrons. The number of urea groups is 1. The fraction of sp³-hybridized carbons (Fsp3) is 0.533. The Morgan fingerprint density at radius 1 is 1.30 bits per heavy atom. The summed E-state index contributed by atoms with van der Waals surface area (Å²) in [6, 6.07) is 5.47. The van der Waals surface area contributed by atoms with E-state index in [0.29, 0.717) is 26.1 Å². The summed E-state index contributed by atoms with van der Waals surface area (Å²) < 4.78 is 5.20. The van der Waals surface area contributed by atoms with Crippen LogP contribution >= 0.6 is 0 Å². The van der Waals surface area contributed by atoms with E-state index in [0.717, 1.165) is 11.3 Å². The van der Waals surface area contributed by atoms with Gasteiger partial charge < -0.3 is 20.5 Å². The minimum atomic E-state index is -0.848. The van der Waals surface area contributed by atoms with Gasteiger partial charge in [-0.25, -0.2) is 4.79 Å². The molecular weight excluding hydrogens is 256 g/mol. The van der Waals surface area contributed by atoms with Crippen LogP contribution in [0, 0.1) is 13.8 Å². The molecule has 1 saturated heterocycles. The average Bonchev–Trinajstić information content (AvgIpc) is 2.42. The second-order valence-corrected chi connectivity index (χ2v) is 5.44. The zero-order valence-corrected chi connectivity index (χ0v) is 12.0. The van der Waals surface area contributed by atoms with E-state index in [1.165, 1.54) is 5.56 Å². The second-order valence-electron chi connectivity index (χ2n) is 5.44. The van der Waals surface area contributed by atoms with Crippen molar-refractivity contribution < 1.29 is 14.6 Å². The number of carbonyl (C=O) groups is 1. The van der Waals surface area contributed by atoms with E-state index in [4.69, 9.17) is 4.74 Å². The molecule has 1 aromatic carbocycles. The molecular formula is C15H22N2O3. The number of carbonyl (C=O) groups excluding carboxylic acids is 1. The maximum absolute atomic E-state index is 11.8. The van der Waals surface area contributed by atoms with Gasteiger partial charge in [-0.15, -0.1) is 0 Å². The highest BCUT2D eigenvalue weighted by Crippen LogP contribution is 2.19. The minimum Gasteiger partial charge on any atom is -0.388 e. The van der Waals surface area contributed by atoms with Crippen LogP contribution in [0.15, 0.2) is 18.2 Å². The predicted octanol–water partition coefficient (Wildman–Crippen LogP) is 1.97. The highest BCUT2D eigenvalue weighted by molar-refractivity contribution is 5.89. The van der Waals surface area contributed by atoms with Crippen molar-refractivity contribution in [3.8, 4) is 0 Å². The van der Waals surface area contributed by atoms with Crippen molar-refractivity contribution in [2.24, 2.45) is 0 Å². The minimum absolute atomic E-state index is 0.243. The first-order valence-electron chi connectivity index (χ1n) is 6.91. The molecule has 1 aliphatic heterocycles. The van der Waals surface area contributed by atoms with Crippen molar-refractivity contribution in [2.75, 3.05) is 25.1 Å². The van der Waals surface area contributed by atoms with Gasteiger partial charge in [-0.3, -0.25) is 0 Å². The van der Waals surface area contributed by atoms with E-state index in [2.05, 4.69) is 10.6 Å². The van der Waals surface area contributed by atoms with Crippen LogP contribution in [-0.2, 0) is 4.74 Å². The Hall–Kier alpha value is -1.59. The lowest BCUT2D eigenvalue weighted by atomic mass is 9.94. The van der Waals surface area contributed by atoms with Crippen molar-refractivity contribution in [1.82, 2.24) is 5.32 Å². The lowest BCUT2D eigenvalue weighted by Crippen LogP contribution is -2.47. The van der Waals surface area contributed by atoms with Gasteiger partial charge >= 0.3 is 6.03 Å². The normalized spacial score (nSPS) is 17.6. The van der Waals surface area contributed by atoms with E-state index in [-0.39, 0.29) is 12.6 Å². The number of hydrogen-bond donors (Lipinski definition) is 3. The van der Waals surface area contributed by atoms with Crippen molar-refractivity contribution in [3.63, 3.8) is 0 Å². The number of aliphatic hydroxyl groups is 1. The van der Waals surface area contributed by atoms with Crippen LogP contribution in [0.2, 0.25) is 0 Å². The molecule has 0 saturated carbocycles. The summed E-state index contributed by atoms with van der Waals surface area (Å²) in [5.41, 5.74) is 2.22. The molecule has 0 aliphatic carbocycles. The third kappa shape index (κ3) is 3.95. The molecule has 1 aromatic rings. The van der Waals surface area contributed by atoms with E-state index >= 15 is 0 Å². The maximum atomic E-state index is 11.8. The number of benzene rings is 1. The highest BCUT2D eigenvalue weighted by atomic mass is 16.5. The Balaban J connectivity index is 1.84. The quantitative estimate of drug-likeness (QED) is 0.791. The standard InChI is InChI=1S/C15H22N2O3/c1-11-3-4-13(9-12(11)2)17-14(18)16-10-15(19)5-7-20-8-6-15/h3-4,9,19H,5-8,10H2,1-2H3,(H2,16,17,18). The largest absolute Gasteiger partial charge is 0.388 e. The maximum Gasteiger partial charge on any atom is 0.319 e. The van der Waals surface area contributed by atoms with Crippen LogP contribution < -0.4 is 10.6 Å². The third-order valence-electron chi connectivity index (χ3n) is 3.77. The molecule has 0 atom stereocenters. The molecule has 5 nitrogen and oxygen atoms in total. The number of nitrogens with one attached hydrogen (secondary N) is 2. The fourth-order valence-electron chi connectivity index (χ4n) is 2.17. The average molecular weight is 278 g/mol. The van der Waals surface area contributed by atoms with Crippen molar-refractivity contribution in [3.05, 3.63) is 29.3 Å². The molecule has 20 heavy (non-hydrogen) atoms. The van der Waals surface area contributed by atoms with Gasteiger partial charge in [0.15, 0.2) is 0 Å².